The van der Waals surface area contributed by atoms with Gasteiger partial charge in [0.1, 0.15) is 0 Å². The molecular formula is C8H13N7O2S. The molecule has 1 aliphatic rings. The molecule has 1 aromatic heterocycles. The van der Waals surface area contributed by atoms with E-state index in [4.69, 9.17) is 5.73 Å². The van der Waals surface area contributed by atoms with E-state index in [2.05, 4.69) is 20.8 Å². The number of amides is 3. The Balaban J connectivity index is 1.89. The van der Waals surface area contributed by atoms with Gasteiger partial charge in [0.2, 0.25) is 11.1 Å². The Bertz CT molecular complexity index is 448. The highest BCUT2D eigenvalue weighted by molar-refractivity contribution is 7.99. The molecule has 18 heavy (non-hydrogen) atoms. The molecule has 10 heteroatoms. The van der Waals surface area contributed by atoms with Crippen LogP contribution in [0.15, 0.2) is 5.16 Å². The van der Waals surface area contributed by atoms with E-state index in [9.17, 15) is 9.59 Å². The fourth-order valence-electron chi connectivity index (χ4n) is 1.48. The summed E-state index contributed by atoms with van der Waals surface area (Å²) in [5, 5.41) is 14.1. The van der Waals surface area contributed by atoms with Gasteiger partial charge in [-0.1, -0.05) is 11.8 Å². The number of nitrogens with zero attached hydrogens (tertiary/aromatic N) is 5. The van der Waals surface area contributed by atoms with Gasteiger partial charge in [-0.2, -0.15) is 0 Å². The number of hydrogen-bond donors (Lipinski definition) is 2. The number of hydrogen-bond acceptors (Lipinski definition) is 7. The third-order valence-corrected chi connectivity index (χ3v) is 3.26. The number of urea groups is 1. The minimum Gasteiger partial charge on any atom is -0.336 e. The molecule has 0 saturated carbocycles. The van der Waals surface area contributed by atoms with Crippen LogP contribution in [-0.4, -0.2) is 62.4 Å². The number of carbonyl (C=O) groups excluding carboxylic acids is 2. The van der Waals surface area contributed by atoms with Gasteiger partial charge in [0, 0.05) is 19.6 Å². The summed E-state index contributed by atoms with van der Waals surface area (Å²) in [6.07, 6.45) is 0. The smallest absolute Gasteiger partial charge is 0.324 e. The summed E-state index contributed by atoms with van der Waals surface area (Å²) in [6.45, 7) is 1.82. The van der Waals surface area contributed by atoms with E-state index in [-0.39, 0.29) is 17.7 Å². The lowest BCUT2D eigenvalue weighted by atomic mass is 10.5. The normalized spacial score (nSPS) is 14.9. The van der Waals surface area contributed by atoms with Crippen molar-refractivity contribution in [3.8, 4) is 0 Å². The van der Waals surface area contributed by atoms with Crippen molar-refractivity contribution in [2.75, 3.05) is 25.4 Å². The highest BCUT2D eigenvalue weighted by Gasteiger charge is 2.26. The Morgan fingerprint density at radius 1 is 1.56 bits per heavy atom. The molecule has 0 atom stereocenters. The van der Waals surface area contributed by atoms with Crippen molar-refractivity contribution in [1.82, 2.24) is 30.4 Å². The van der Waals surface area contributed by atoms with Crippen LogP contribution in [0.5, 0.6) is 0 Å². The lowest BCUT2D eigenvalue weighted by Gasteiger charge is -2.11. The molecule has 3 N–H and O–H groups in total. The highest BCUT2D eigenvalue weighted by atomic mass is 32.2. The van der Waals surface area contributed by atoms with Gasteiger partial charge in [0.05, 0.1) is 12.3 Å². The first-order chi connectivity index (χ1) is 8.72. The van der Waals surface area contributed by atoms with Gasteiger partial charge in [-0.25, -0.2) is 9.48 Å². The fraction of sp³-hybridized carbons (Fsp3) is 0.625. The van der Waals surface area contributed by atoms with Crippen LogP contribution in [0.25, 0.3) is 0 Å². The van der Waals surface area contributed by atoms with E-state index >= 15 is 0 Å². The summed E-state index contributed by atoms with van der Waals surface area (Å²) < 4.78 is 1.53. The van der Waals surface area contributed by atoms with E-state index in [1.807, 2.05) is 0 Å². The van der Waals surface area contributed by atoms with Gasteiger partial charge < -0.3 is 11.1 Å². The lowest BCUT2D eigenvalue weighted by Crippen LogP contribution is -2.35. The van der Waals surface area contributed by atoms with Crippen LogP contribution in [0.1, 0.15) is 0 Å². The molecule has 98 valence electrons. The summed E-state index contributed by atoms with van der Waals surface area (Å²) in [5.41, 5.74) is 5.41. The molecule has 0 unspecified atom stereocenters. The van der Waals surface area contributed by atoms with Crippen molar-refractivity contribution in [2.45, 2.75) is 11.7 Å². The fourth-order valence-corrected chi connectivity index (χ4v) is 2.26. The van der Waals surface area contributed by atoms with E-state index in [1.54, 1.807) is 0 Å². The number of carbonyl (C=O) groups is 2. The average molecular weight is 271 g/mol. The van der Waals surface area contributed by atoms with E-state index in [0.717, 1.165) is 0 Å². The average Bonchev–Trinajstić information content (AvgIpc) is 2.96. The minimum absolute atomic E-state index is 0.123. The zero-order chi connectivity index (χ0) is 13.0. The number of rotatable bonds is 5. The van der Waals surface area contributed by atoms with Crippen molar-refractivity contribution >= 4 is 23.7 Å². The standard InChI is InChI=1S/C8H13N7O2S/c9-1-3-15-8(11-12-13-15)18-5-6(16)14-4-2-10-7(14)17/h1-5,9H2,(H,10,17). The molecular weight excluding hydrogens is 258 g/mol. The highest BCUT2D eigenvalue weighted by Crippen LogP contribution is 2.14. The molecule has 2 rings (SSSR count). The van der Waals surface area contributed by atoms with Crippen LogP contribution in [0, 0.1) is 0 Å². The molecule has 0 spiro atoms. The number of imide groups is 1. The molecule has 1 saturated heterocycles. The maximum atomic E-state index is 11.8. The molecule has 9 nitrogen and oxygen atoms in total. The van der Waals surface area contributed by atoms with Gasteiger partial charge in [0.25, 0.3) is 0 Å². The first-order valence-electron chi connectivity index (χ1n) is 5.39. The number of thioether (sulfide) groups is 1. The van der Waals surface area contributed by atoms with E-state index < -0.39 is 0 Å². The van der Waals surface area contributed by atoms with Crippen LogP contribution >= 0.6 is 11.8 Å². The van der Waals surface area contributed by atoms with Crippen LogP contribution in [0.3, 0.4) is 0 Å². The minimum atomic E-state index is -0.345. The SMILES string of the molecule is NCCn1nnnc1SCC(=O)N1CCNC1=O. The second kappa shape index (κ2) is 5.78. The monoisotopic (exact) mass is 271 g/mol. The number of aromatic nitrogens is 4. The maximum Gasteiger partial charge on any atom is 0.324 e. The zero-order valence-corrected chi connectivity index (χ0v) is 10.4. The molecule has 1 fully saturated rings. The molecule has 2 heterocycles. The predicted molar refractivity (Wildman–Crippen MR) is 62.7 cm³/mol. The van der Waals surface area contributed by atoms with Crippen molar-refractivity contribution in [2.24, 2.45) is 5.73 Å². The molecule has 0 aliphatic carbocycles. The first-order valence-corrected chi connectivity index (χ1v) is 6.38. The van der Waals surface area contributed by atoms with Crippen LogP contribution in [0.4, 0.5) is 4.79 Å². The third-order valence-electron chi connectivity index (χ3n) is 2.32. The second-order valence-electron chi connectivity index (χ2n) is 3.54. The zero-order valence-electron chi connectivity index (χ0n) is 9.57. The van der Waals surface area contributed by atoms with E-state index in [0.29, 0.717) is 31.3 Å². The quantitative estimate of drug-likeness (QED) is 0.611. The topological polar surface area (TPSA) is 119 Å². The number of tetrazole rings is 1. The molecule has 3 amide bonds. The molecule has 1 aliphatic heterocycles. The van der Waals surface area contributed by atoms with Crippen molar-refractivity contribution < 1.29 is 9.59 Å². The van der Waals surface area contributed by atoms with Gasteiger partial charge in [-0.3, -0.25) is 9.69 Å². The van der Waals surface area contributed by atoms with E-state index in [1.165, 1.54) is 21.3 Å². The maximum absolute atomic E-state index is 11.8. The van der Waals surface area contributed by atoms with Crippen LogP contribution < -0.4 is 11.1 Å². The molecule has 0 radical (unpaired) electrons. The molecule has 0 bridgehead atoms. The second-order valence-corrected chi connectivity index (χ2v) is 4.48. The first kappa shape index (κ1) is 12.8. The van der Waals surface area contributed by atoms with Gasteiger partial charge in [-0.05, 0) is 10.4 Å². The number of nitrogens with two attached hydrogens (primary N) is 1. The van der Waals surface area contributed by atoms with Crippen molar-refractivity contribution in [3.05, 3.63) is 0 Å². The van der Waals surface area contributed by atoms with Crippen molar-refractivity contribution in [3.63, 3.8) is 0 Å². The van der Waals surface area contributed by atoms with Crippen LogP contribution in [-0.2, 0) is 11.3 Å². The van der Waals surface area contributed by atoms with Gasteiger partial charge in [0.15, 0.2) is 0 Å². The Labute approximate surface area is 107 Å². The summed E-state index contributed by atoms with van der Waals surface area (Å²) in [6, 6.07) is -0.345. The summed E-state index contributed by atoms with van der Waals surface area (Å²) in [5.74, 6) is -0.129. The van der Waals surface area contributed by atoms with Gasteiger partial charge in [-0.15, -0.1) is 5.10 Å². The predicted octanol–water partition coefficient (Wildman–Crippen LogP) is -1.72. The Morgan fingerprint density at radius 2 is 2.39 bits per heavy atom. The number of nitrogens with one attached hydrogen (secondary N) is 1. The lowest BCUT2D eigenvalue weighted by molar-refractivity contribution is -0.124. The molecule has 0 aromatic carbocycles. The third kappa shape index (κ3) is 2.76. The van der Waals surface area contributed by atoms with Gasteiger partial charge >= 0.3 is 6.03 Å². The summed E-state index contributed by atoms with van der Waals surface area (Å²) >= 11 is 1.19. The largest absolute Gasteiger partial charge is 0.336 e. The van der Waals surface area contributed by atoms with Crippen molar-refractivity contribution in [1.29, 1.82) is 0 Å². The summed E-state index contributed by atoms with van der Waals surface area (Å²) in [4.78, 5) is 24.2. The Hall–Kier alpha value is -1.68. The summed E-state index contributed by atoms with van der Waals surface area (Å²) in [7, 11) is 0. The molecule has 1 aromatic rings. The van der Waals surface area contributed by atoms with Crippen LogP contribution in [0.2, 0.25) is 0 Å². The Morgan fingerprint density at radius 3 is 3.06 bits per heavy atom. The Kier molecular flexibility index (Phi) is 4.10.